The molecule has 0 heterocycles. The number of benzene rings is 2. The highest BCUT2D eigenvalue weighted by Gasteiger charge is 2.10. The van der Waals surface area contributed by atoms with E-state index in [1.807, 2.05) is 37.3 Å². The monoisotopic (exact) mass is 291 g/mol. The van der Waals surface area contributed by atoms with Gasteiger partial charge in [-0.15, -0.1) is 0 Å². The number of nitriles is 1. The van der Waals surface area contributed by atoms with Gasteiger partial charge < -0.3 is 4.74 Å². The lowest BCUT2D eigenvalue weighted by atomic mass is 10.0. The van der Waals surface area contributed by atoms with Crippen LogP contribution in [0.15, 0.2) is 36.4 Å². The molecule has 4 heteroatoms. The van der Waals surface area contributed by atoms with Gasteiger partial charge in [-0.2, -0.15) is 5.26 Å². The van der Waals surface area contributed by atoms with E-state index >= 15 is 0 Å². The first-order valence-electron chi connectivity index (χ1n) is 5.78. The van der Waals surface area contributed by atoms with Crippen LogP contribution in [0.3, 0.4) is 0 Å². The van der Waals surface area contributed by atoms with Crippen molar-refractivity contribution >= 4 is 23.2 Å². The summed E-state index contributed by atoms with van der Waals surface area (Å²) in [5.41, 5.74) is 2.07. The highest BCUT2D eigenvalue weighted by atomic mass is 35.5. The van der Waals surface area contributed by atoms with Gasteiger partial charge in [0, 0.05) is 5.56 Å². The predicted molar refractivity (Wildman–Crippen MR) is 77.8 cm³/mol. The van der Waals surface area contributed by atoms with Gasteiger partial charge in [0.05, 0.1) is 28.3 Å². The number of halogens is 2. The van der Waals surface area contributed by atoms with Crippen LogP contribution in [0.4, 0.5) is 0 Å². The molecule has 0 fully saturated rings. The molecule has 0 saturated carbocycles. The number of nitrogens with zero attached hydrogens (tertiary/aromatic N) is 1. The third-order valence-electron chi connectivity index (χ3n) is 2.63. The van der Waals surface area contributed by atoms with E-state index in [0.717, 1.165) is 16.9 Å². The highest BCUT2D eigenvalue weighted by molar-refractivity contribution is 6.39. The van der Waals surface area contributed by atoms with E-state index in [0.29, 0.717) is 22.2 Å². The lowest BCUT2D eigenvalue weighted by Gasteiger charge is -2.09. The van der Waals surface area contributed by atoms with Crippen molar-refractivity contribution in [1.82, 2.24) is 0 Å². The lowest BCUT2D eigenvalue weighted by molar-refractivity contribution is 0.340. The summed E-state index contributed by atoms with van der Waals surface area (Å²) in [6.07, 6.45) is 0. The molecule has 0 aliphatic carbocycles. The molecule has 0 amide bonds. The molecule has 0 aliphatic rings. The van der Waals surface area contributed by atoms with Crippen molar-refractivity contribution in [1.29, 1.82) is 5.26 Å². The maximum Gasteiger partial charge on any atom is 0.119 e. The van der Waals surface area contributed by atoms with Gasteiger partial charge in [-0.05, 0) is 36.8 Å². The fourth-order valence-electron chi connectivity index (χ4n) is 1.80. The second-order valence-corrected chi connectivity index (χ2v) is 4.70. The van der Waals surface area contributed by atoms with Gasteiger partial charge in [-0.25, -0.2) is 0 Å². The second-order valence-electron chi connectivity index (χ2n) is 3.88. The van der Waals surface area contributed by atoms with E-state index in [4.69, 9.17) is 33.2 Å². The van der Waals surface area contributed by atoms with Gasteiger partial charge in [0.25, 0.3) is 0 Å². The molecular weight excluding hydrogens is 281 g/mol. The normalized spacial score (nSPS) is 10.0. The molecule has 2 aromatic rings. The van der Waals surface area contributed by atoms with Crippen LogP contribution in [0.25, 0.3) is 11.1 Å². The minimum absolute atomic E-state index is 0.449. The third kappa shape index (κ3) is 3.01. The van der Waals surface area contributed by atoms with Crippen LogP contribution in [0.2, 0.25) is 10.0 Å². The quantitative estimate of drug-likeness (QED) is 0.803. The first-order chi connectivity index (χ1) is 9.15. The Bertz CT molecular complexity index is 607. The molecular formula is C15H11Cl2NO. The Morgan fingerprint density at radius 3 is 2.16 bits per heavy atom. The van der Waals surface area contributed by atoms with E-state index in [1.54, 1.807) is 12.1 Å². The fourth-order valence-corrected chi connectivity index (χ4v) is 2.50. The SMILES string of the molecule is CCOc1ccc(-c2c(Cl)cc(C#N)cc2Cl)cc1. The van der Waals surface area contributed by atoms with E-state index in [-0.39, 0.29) is 0 Å². The smallest absolute Gasteiger partial charge is 0.119 e. The molecule has 2 nitrogen and oxygen atoms in total. The summed E-state index contributed by atoms with van der Waals surface area (Å²) >= 11 is 12.4. The molecule has 0 unspecified atom stereocenters. The van der Waals surface area contributed by atoms with Gasteiger partial charge in [0.1, 0.15) is 5.75 Å². The highest BCUT2D eigenvalue weighted by Crippen LogP contribution is 2.36. The number of rotatable bonds is 3. The van der Waals surface area contributed by atoms with E-state index in [2.05, 4.69) is 0 Å². The Balaban J connectivity index is 2.44. The third-order valence-corrected chi connectivity index (χ3v) is 3.22. The second kappa shape index (κ2) is 5.97. The van der Waals surface area contributed by atoms with E-state index < -0.39 is 0 Å². The maximum atomic E-state index is 8.86. The molecule has 19 heavy (non-hydrogen) atoms. The van der Waals surface area contributed by atoms with Crippen molar-refractivity contribution in [3.63, 3.8) is 0 Å². The molecule has 0 N–H and O–H groups in total. The molecule has 2 aromatic carbocycles. The van der Waals surface area contributed by atoms with Crippen molar-refractivity contribution < 1.29 is 4.74 Å². The lowest BCUT2D eigenvalue weighted by Crippen LogP contribution is -1.91. The van der Waals surface area contributed by atoms with Crippen molar-refractivity contribution in [2.45, 2.75) is 6.92 Å². The Labute approximate surface area is 122 Å². The van der Waals surface area contributed by atoms with Crippen LogP contribution in [0.5, 0.6) is 5.75 Å². The Morgan fingerprint density at radius 2 is 1.68 bits per heavy atom. The molecule has 0 atom stereocenters. The zero-order valence-corrected chi connectivity index (χ0v) is 11.8. The standard InChI is InChI=1S/C15H11Cl2NO/c1-2-19-12-5-3-11(4-6-12)15-13(16)7-10(9-18)8-14(15)17/h3-8H,2H2,1H3. The van der Waals surface area contributed by atoms with Crippen LogP contribution in [-0.2, 0) is 0 Å². The van der Waals surface area contributed by atoms with Gasteiger partial charge in [0.2, 0.25) is 0 Å². The molecule has 0 saturated heterocycles. The predicted octanol–water partition coefficient (Wildman–Crippen LogP) is 4.93. The summed E-state index contributed by atoms with van der Waals surface area (Å²) in [5.74, 6) is 0.798. The van der Waals surface area contributed by atoms with Gasteiger partial charge in [-0.3, -0.25) is 0 Å². The van der Waals surface area contributed by atoms with E-state index in [9.17, 15) is 0 Å². The number of hydrogen-bond donors (Lipinski definition) is 0. The summed E-state index contributed by atoms with van der Waals surface area (Å²) < 4.78 is 5.38. The Morgan fingerprint density at radius 1 is 1.11 bits per heavy atom. The van der Waals surface area contributed by atoms with Crippen LogP contribution in [-0.4, -0.2) is 6.61 Å². The van der Waals surface area contributed by atoms with Crippen LogP contribution in [0, 0.1) is 11.3 Å². The first kappa shape index (κ1) is 13.7. The van der Waals surface area contributed by atoms with Crippen LogP contribution < -0.4 is 4.74 Å². The average molecular weight is 292 g/mol. The van der Waals surface area contributed by atoms with Crippen LogP contribution in [0.1, 0.15) is 12.5 Å². The molecule has 0 aliphatic heterocycles. The van der Waals surface area contributed by atoms with Crippen molar-refractivity contribution in [3.05, 3.63) is 52.0 Å². The molecule has 96 valence electrons. The summed E-state index contributed by atoms with van der Waals surface area (Å²) in [4.78, 5) is 0. The fraction of sp³-hybridized carbons (Fsp3) is 0.133. The summed E-state index contributed by atoms with van der Waals surface area (Å²) in [5, 5.41) is 9.79. The Hall–Kier alpha value is -1.69. The molecule has 0 bridgehead atoms. The zero-order chi connectivity index (χ0) is 13.8. The number of ether oxygens (including phenoxy) is 1. The van der Waals surface area contributed by atoms with Crippen molar-refractivity contribution in [2.24, 2.45) is 0 Å². The first-order valence-corrected chi connectivity index (χ1v) is 6.53. The van der Waals surface area contributed by atoms with Crippen molar-refractivity contribution in [2.75, 3.05) is 6.61 Å². The van der Waals surface area contributed by atoms with E-state index in [1.165, 1.54) is 0 Å². The van der Waals surface area contributed by atoms with Gasteiger partial charge in [0.15, 0.2) is 0 Å². The summed E-state index contributed by atoms with van der Waals surface area (Å²) in [6, 6.07) is 12.8. The molecule has 0 radical (unpaired) electrons. The molecule has 0 spiro atoms. The number of hydrogen-bond acceptors (Lipinski definition) is 2. The van der Waals surface area contributed by atoms with Crippen molar-refractivity contribution in [3.8, 4) is 22.9 Å². The summed E-state index contributed by atoms with van der Waals surface area (Å²) in [7, 11) is 0. The molecule has 0 aromatic heterocycles. The topological polar surface area (TPSA) is 33.0 Å². The minimum atomic E-state index is 0.449. The molecule has 2 rings (SSSR count). The largest absolute Gasteiger partial charge is 0.494 e. The Kier molecular flexibility index (Phi) is 4.31. The van der Waals surface area contributed by atoms with Gasteiger partial charge >= 0.3 is 0 Å². The average Bonchev–Trinajstić information content (AvgIpc) is 2.40. The zero-order valence-electron chi connectivity index (χ0n) is 10.3. The van der Waals surface area contributed by atoms with Gasteiger partial charge in [-0.1, -0.05) is 35.3 Å². The summed E-state index contributed by atoms with van der Waals surface area (Å²) in [6.45, 7) is 2.56. The van der Waals surface area contributed by atoms with Crippen LogP contribution >= 0.6 is 23.2 Å². The maximum absolute atomic E-state index is 8.86. The minimum Gasteiger partial charge on any atom is -0.494 e.